The van der Waals surface area contributed by atoms with Gasteiger partial charge in [0.25, 0.3) is 0 Å². The first-order valence-corrected chi connectivity index (χ1v) is 8.88. The summed E-state index contributed by atoms with van der Waals surface area (Å²) >= 11 is 0. The van der Waals surface area contributed by atoms with Crippen LogP contribution in [0.4, 0.5) is 11.5 Å². The predicted molar refractivity (Wildman–Crippen MR) is 101 cm³/mol. The standard InChI is InChI=1S/C20H24N4O2/c1-13-11-16(12-22-18(13)21)23-19(25)20(26)24-14(2)7-6-10-17(24)15-8-4-3-5-9-15/h3-5,8-9,11-12,14,17H,6-7,10H2,1-2H3,(H2,21,22)(H,23,25)/t14-,17-/m1/s1. The number of nitrogen functional groups attached to an aromatic ring is 1. The van der Waals surface area contributed by atoms with Crippen LogP contribution in [0.5, 0.6) is 0 Å². The molecule has 0 saturated carbocycles. The number of pyridine rings is 1. The van der Waals surface area contributed by atoms with Gasteiger partial charge in [0.05, 0.1) is 17.9 Å². The topological polar surface area (TPSA) is 88.3 Å². The summed E-state index contributed by atoms with van der Waals surface area (Å²) in [5.74, 6) is -0.755. The van der Waals surface area contributed by atoms with Gasteiger partial charge < -0.3 is 16.0 Å². The van der Waals surface area contributed by atoms with E-state index in [0.717, 1.165) is 30.4 Å². The first kappa shape index (κ1) is 17.9. The fourth-order valence-corrected chi connectivity index (χ4v) is 3.49. The fraction of sp³-hybridized carbons (Fsp3) is 0.350. The molecule has 26 heavy (non-hydrogen) atoms. The van der Waals surface area contributed by atoms with Crippen LogP contribution in [0.25, 0.3) is 0 Å². The normalized spacial score (nSPS) is 19.8. The molecule has 0 spiro atoms. The van der Waals surface area contributed by atoms with Gasteiger partial charge in [0.2, 0.25) is 0 Å². The van der Waals surface area contributed by atoms with Crippen molar-refractivity contribution in [2.24, 2.45) is 0 Å². The summed E-state index contributed by atoms with van der Waals surface area (Å²) in [5, 5.41) is 2.65. The van der Waals surface area contributed by atoms with Gasteiger partial charge in [-0.15, -0.1) is 0 Å². The minimum Gasteiger partial charge on any atom is -0.383 e. The van der Waals surface area contributed by atoms with E-state index in [4.69, 9.17) is 5.73 Å². The molecular formula is C20H24N4O2. The molecule has 3 rings (SSSR count). The van der Waals surface area contributed by atoms with E-state index < -0.39 is 11.8 Å². The molecule has 1 saturated heterocycles. The Morgan fingerprint density at radius 2 is 1.96 bits per heavy atom. The number of amides is 2. The van der Waals surface area contributed by atoms with Crippen LogP contribution in [-0.2, 0) is 9.59 Å². The molecular weight excluding hydrogens is 328 g/mol. The Kier molecular flexibility index (Phi) is 5.21. The highest BCUT2D eigenvalue weighted by atomic mass is 16.2. The zero-order chi connectivity index (χ0) is 18.7. The zero-order valence-corrected chi connectivity index (χ0v) is 15.1. The molecule has 0 aliphatic carbocycles. The van der Waals surface area contributed by atoms with E-state index >= 15 is 0 Å². The second-order valence-corrected chi connectivity index (χ2v) is 6.80. The molecule has 0 bridgehead atoms. The minimum atomic E-state index is -0.648. The molecule has 1 fully saturated rings. The van der Waals surface area contributed by atoms with Crippen LogP contribution in [0.2, 0.25) is 0 Å². The maximum Gasteiger partial charge on any atom is 0.313 e. The Balaban J connectivity index is 1.80. The van der Waals surface area contributed by atoms with E-state index in [2.05, 4.69) is 10.3 Å². The van der Waals surface area contributed by atoms with Gasteiger partial charge in [-0.25, -0.2) is 4.98 Å². The van der Waals surface area contributed by atoms with Crippen molar-refractivity contribution in [3.05, 3.63) is 53.7 Å². The number of hydrogen-bond acceptors (Lipinski definition) is 4. The molecule has 3 N–H and O–H groups in total. The Morgan fingerprint density at radius 3 is 2.65 bits per heavy atom. The molecule has 0 unspecified atom stereocenters. The number of likely N-dealkylation sites (tertiary alicyclic amines) is 1. The summed E-state index contributed by atoms with van der Waals surface area (Å²) in [4.78, 5) is 31.2. The SMILES string of the molecule is Cc1cc(NC(=O)C(=O)N2[C@H](C)CCC[C@@H]2c2ccccc2)cnc1N. The van der Waals surface area contributed by atoms with Gasteiger partial charge in [-0.1, -0.05) is 30.3 Å². The number of nitrogens with zero attached hydrogens (tertiary/aromatic N) is 2. The maximum absolute atomic E-state index is 12.9. The van der Waals surface area contributed by atoms with E-state index in [0.29, 0.717) is 11.5 Å². The summed E-state index contributed by atoms with van der Waals surface area (Å²) in [6.45, 7) is 3.80. The maximum atomic E-state index is 12.9. The first-order chi connectivity index (χ1) is 12.5. The quantitative estimate of drug-likeness (QED) is 0.813. The van der Waals surface area contributed by atoms with Crippen molar-refractivity contribution in [1.82, 2.24) is 9.88 Å². The number of carbonyl (C=O) groups excluding carboxylic acids is 2. The largest absolute Gasteiger partial charge is 0.383 e. The lowest BCUT2D eigenvalue weighted by Crippen LogP contribution is -2.48. The Labute approximate surface area is 153 Å². The van der Waals surface area contributed by atoms with Crippen molar-refractivity contribution < 1.29 is 9.59 Å². The van der Waals surface area contributed by atoms with Gasteiger partial charge >= 0.3 is 11.8 Å². The van der Waals surface area contributed by atoms with Crippen molar-refractivity contribution in [1.29, 1.82) is 0 Å². The third-order valence-electron chi connectivity index (χ3n) is 4.90. The molecule has 6 nitrogen and oxygen atoms in total. The second-order valence-electron chi connectivity index (χ2n) is 6.80. The number of nitrogens with one attached hydrogen (secondary N) is 1. The number of hydrogen-bond donors (Lipinski definition) is 2. The summed E-state index contributed by atoms with van der Waals surface area (Å²) < 4.78 is 0. The highest BCUT2D eigenvalue weighted by Gasteiger charge is 2.35. The van der Waals surface area contributed by atoms with E-state index in [9.17, 15) is 9.59 Å². The number of carbonyl (C=O) groups is 2. The van der Waals surface area contributed by atoms with Crippen molar-refractivity contribution in [2.75, 3.05) is 11.1 Å². The predicted octanol–water partition coefficient (Wildman–Crippen LogP) is 3.05. The molecule has 2 heterocycles. The lowest BCUT2D eigenvalue weighted by Gasteiger charge is -2.40. The first-order valence-electron chi connectivity index (χ1n) is 8.88. The van der Waals surface area contributed by atoms with Crippen LogP contribution < -0.4 is 11.1 Å². The molecule has 1 aliphatic rings. The fourth-order valence-electron chi connectivity index (χ4n) is 3.49. The molecule has 2 amide bonds. The number of piperidine rings is 1. The number of nitrogens with two attached hydrogens (primary N) is 1. The van der Waals surface area contributed by atoms with Crippen LogP contribution in [0.15, 0.2) is 42.6 Å². The summed E-state index contributed by atoms with van der Waals surface area (Å²) in [7, 11) is 0. The van der Waals surface area contributed by atoms with Crippen molar-refractivity contribution >= 4 is 23.3 Å². The van der Waals surface area contributed by atoms with E-state index in [1.54, 1.807) is 17.9 Å². The van der Waals surface area contributed by atoms with E-state index in [-0.39, 0.29) is 12.1 Å². The molecule has 6 heteroatoms. The smallest absolute Gasteiger partial charge is 0.313 e. The summed E-state index contributed by atoms with van der Waals surface area (Å²) in [6.07, 6.45) is 4.25. The van der Waals surface area contributed by atoms with Gasteiger partial charge in [-0.05, 0) is 50.3 Å². The van der Waals surface area contributed by atoms with Crippen LogP contribution in [-0.4, -0.2) is 27.7 Å². The molecule has 2 aromatic rings. The Hall–Kier alpha value is -2.89. The number of aromatic nitrogens is 1. The molecule has 1 aromatic heterocycles. The van der Waals surface area contributed by atoms with Crippen molar-refractivity contribution in [3.8, 4) is 0 Å². The number of anilines is 2. The molecule has 0 radical (unpaired) electrons. The van der Waals surface area contributed by atoms with Crippen LogP contribution in [0.3, 0.4) is 0 Å². The van der Waals surface area contributed by atoms with Crippen LogP contribution >= 0.6 is 0 Å². The summed E-state index contributed by atoms with van der Waals surface area (Å²) in [5.41, 5.74) is 7.98. The number of benzene rings is 1. The summed E-state index contributed by atoms with van der Waals surface area (Å²) in [6, 6.07) is 11.5. The van der Waals surface area contributed by atoms with Crippen molar-refractivity contribution in [2.45, 2.75) is 45.2 Å². The van der Waals surface area contributed by atoms with Gasteiger partial charge in [0.15, 0.2) is 0 Å². The third kappa shape index (κ3) is 3.69. The average Bonchev–Trinajstić information content (AvgIpc) is 2.64. The number of aryl methyl sites for hydroxylation is 1. The Bertz CT molecular complexity index is 807. The van der Waals surface area contributed by atoms with Gasteiger partial charge in [-0.3, -0.25) is 9.59 Å². The highest BCUT2D eigenvalue weighted by Crippen LogP contribution is 2.34. The average molecular weight is 352 g/mol. The van der Waals surface area contributed by atoms with Gasteiger partial charge in [0, 0.05) is 6.04 Å². The number of rotatable bonds is 2. The lowest BCUT2D eigenvalue weighted by atomic mass is 9.91. The van der Waals surface area contributed by atoms with E-state index in [1.807, 2.05) is 37.3 Å². The van der Waals surface area contributed by atoms with Gasteiger partial charge in [-0.2, -0.15) is 0 Å². The van der Waals surface area contributed by atoms with E-state index in [1.165, 1.54) is 6.20 Å². The lowest BCUT2D eigenvalue weighted by molar-refractivity contribution is -0.148. The van der Waals surface area contributed by atoms with Gasteiger partial charge in [0.1, 0.15) is 5.82 Å². The van der Waals surface area contributed by atoms with Crippen LogP contribution in [0.1, 0.15) is 43.4 Å². The minimum absolute atomic E-state index is 0.0125. The highest BCUT2D eigenvalue weighted by molar-refractivity contribution is 6.39. The molecule has 1 aliphatic heterocycles. The molecule has 2 atom stereocenters. The molecule has 136 valence electrons. The van der Waals surface area contributed by atoms with Crippen LogP contribution in [0, 0.1) is 6.92 Å². The zero-order valence-electron chi connectivity index (χ0n) is 15.1. The van der Waals surface area contributed by atoms with Crippen molar-refractivity contribution in [3.63, 3.8) is 0 Å². The second kappa shape index (κ2) is 7.56. The molecule has 1 aromatic carbocycles. The third-order valence-corrected chi connectivity index (χ3v) is 4.90. The Morgan fingerprint density at radius 1 is 1.23 bits per heavy atom. The monoisotopic (exact) mass is 352 g/mol.